The predicted molar refractivity (Wildman–Crippen MR) is 48.3 cm³/mol. The zero-order valence-corrected chi connectivity index (χ0v) is 8.12. The molecule has 78 valence electrons. The highest BCUT2D eigenvalue weighted by Crippen LogP contribution is 2.22. The summed E-state index contributed by atoms with van der Waals surface area (Å²) in [6, 6.07) is 3.52. The molecule has 1 rings (SSSR count). The third kappa shape index (κ3) is 4.41. The summed E-state index contributed by atoms with van der Waals surface area (Å²) in [7, 11) is 0. The van der Waals surface area contributed by atoms with Gasteiger partial charge in [0.15, 0.2) is 0 Å². The summed E-state index contributed by atoms with van der Waals surface area (Å²) >= 11 is 1.38. The van der Waals surface area contributed by atoms with E-state index in [9.17, 15) is 18.0 Å². The number of Topliss-reactive ketones (excluding diaryl/α,β-unsaturated/α-hetero) is 1. The molecule has 0 atom stereocenters. The first kappa shape index (κ1) is 11.2. The summed E-state index contributed by atoms with van der Waals surface area (Å²) in [6.07, 6.45) is -5.54. The van der Waals surface area contributed by atoms with Crippen molar-refractivity contribution in [1.29, 1.82) is 0 Å². The molecule has 1 heterocycles. The highest BCUT2D eigenvalue weighted by molar-refractivity contribution is 7.10. The van der Waals surface area contributed by atoms with E-state index < -0.39 is 19.0 Å². The van der Waals surface area contributed by atoms with Crippen LogP contribution in [0.25, 0.3) is 0 Å². The first-order valence-electron chi connectivity index (χ1n) is 4.08. The van der Waals surface area contributed by atoms with E-state index >= 15 is 0 Å². The third-order valence-electron chi connectivity index (χ3n) is 1.64. The van der Waals surface area contributed by atoms with E-state index in [1.165, 1.54) is 11.3 Å². The number of hydrogen-bond acceptors (Lipinski definition) is 2. The lowest BCUT2D eigenvalue weighted by Crippen LogP contribution is -2.11. The monoisotopic (exact) mass is 222 g/mol. The van der Waals surface area contributed by atoms with Crippen LogP contribution in [0.15, 0.2) is 17.5 Å². The molecule has 0 fully saturated rings. The molecule has 0 aliphatic rings. The summed E-state index contributed by atoms with van der Waals surface area (Å²) in [5.74, 6) is -0.357. The molecule has 0 aliphatic heterocycles. The van der Waals surface area contributed by atoms with E-state index in [4.69, 9.17) is 0 Å². The molecule has 0 aromatic carbocycles. The van der Waals surface area contributed by atoms with Gasteiger partial charge in [0.25, 0.3) is 0 Å². The molecule has 0 radical (unpaired) electrons. The van der Waals surface area contributed by atoms with Gasteiger partial charge < -0.3 is 0 Å². The highest BCUT2D eigenvalue weighted by Gasteiger charge is 2.27. The Morgan fingerprint density at radius 1 is 1.43 bits per heavy atom. The fraction of sp³-hybridized carbons (Fsp3) is 0.444. The van der Waals surface area contributed by atoms with Gasteiger partial charge in [-0.2, -0.15) is 13.2 Å². The van der Waals surface area contributed by atoms with Crippen LogP contribution in [0.2, 0.25) is 0 Å². The van der Waals surface area contributed by atoms with Crippen molar-refractivity contribution >= 4 is 17.1 Å². The van der Waals surface area contributed by atoms with E-state index in [0.717, 1.165) is 4.88 Å². The molecular formula is C9H9F3OS. The van der Waals surface area contributed by atoms with Crippen molar-refractivity contribution in [3.05, 3.63) is 22.4 Å². The molecule has 14 heavy (non-hydrogen) atoms. The summed E-state index contributed by atoms with van der Waals surface area (Å²) < 4.78 is 35.2. The number of halogens is 3. The molecule has 1 aromatic rings. The Morgan fingerprint density at radius 3 is 2.64 bits per heavy atom. The molecule has 1 nitrogen and oxygen atoms in total. The van der Waals surface area contributed by atoms with Gasteiger partial charge in [-0.15, -0.1) is 11.3 Å². The quantitative estimate of drug-likeness (QED) is 0.764. The molecule has 0 bridgehead atoms. The van der Waals surface area contributed by atoms with Gasteiger partial charge in [0.1, 0.15) is 5.78 Å². The van der Waals surface area contributed by atoms with E-state index in [2.05, 4.69) is 0 Å². The lowest BCUT2D eigenvalue weighted by molar-refractivity contribution is -0.142. The van der Waals surface area contributed by atoms with Crippen LogP contribution < -0.4 is 0 Å². The maximum Gasteiger partial charge on any atom is 0.389 e. The number of carbonyl (C=O) groups excluding carboxylic acids is 1. The van der Waals surface area contributed by atoms with Crippen LogP contribution in [0.5, 0.6) is 0 Å². The minimum Gasteiger partial charge on any atom is -0.299 e. The average molecular weight is 222 g/mol. The Kier molecular flexibility index (Phi) is 3.69. The fourth-order valence-electron chi connectivity index (χ4n) is 0.977. The van der Waals surface area contributed by atoms with Crippen molar-refractivity contribution < 1.29 is 18.0 Å². The predicted octanol–water partition coefficient (Wildman–Crippen LogP) is 3.20. The van der Waals surface area contributed by atoms with E-state index in [1.807, 2.05) is 0 Å². The van der Waals surface area contributed by atoms with Gasteiger partial charge in [0, 0.05) is 17.7 Å². The highest BCUT2D eigenvalue weighted by atomic mass is 32.1. The Morgan fingerprint density at radius 2 is 2.14 bits per heavy atom. The van der Waals surface area contributed by atoms with E-state index in [-0.39, 0.29) is 12.2 Å². The SMILES string of the molecule is O=C(CCC(F)(F)F)Cc1cccs1. The van der Waals surface area contributed by atoms with Crippen LogP contribution in [0, 0.1) is 0 Å². The van der Waals surface area contributed by atoms with Crippen LogP contribution in [0.3, 0.4) is 0 Å². The molecule has 0 N–H and O–H groups in total. The van der Waals surface area contributed by atoms with Crippen LogP contribution >= 0.6 is 11.3 Å². The number of alkyl halides is 3. The lowest BCUT2D eigenvalue weighted by atomic mass is 10.1. The Bertz CT molecular complexity index is 290. The van der Waals surface area contributed by atoms with E-state index in [0.29, 0.717) is 0 Å². The zero-order valence-electron chi connectivity index (χ0n) is 7.30. The maximum atomic E-state index is 11.7. The minimum atomic E-state index is -4.23. The van der Waals surface area contributed by atoms with Gasteiger partial charge in [0.05, 0.1) is 6.42 Å². The van der Waals surface area contributed by atoms with Crippen molar-refractivity contribution in [2.24, 2.45) is 0 Å². The Hall–Kier alpha value is -0.840. The zero-order chi connectivity index (χ0) is 10.6. The Balaban J connectivity index is 2.30. The fourth-order valence-corrected chi connectivity index (χ4v) is 1.71. The molecule has 1 aromatic heterocycles. The van der Waals surface area contributed by atoms with Crippen molar-refractivity contribution in [2.45, 2.75) is 25.4 Å². The largest absolute Gasteiger partial charge is 0.389 e. The lowest BCUT2D eigenvalue weighted by Gasteiger charge is -2.04. The van der Waals surface area contributed by atoms with Crippen LogP contribution in [-0.2, 0) is 11.2 Å². The maximum absolute atomic E-state index is 11.7. The number of thiophene rings is 1. The van der Waals surface area contributed by atoms with Crippen LogP contribution in [0.1, 0.15) is 17.7 Å². The molecular weight excluding hydrogens is 213 g/mol. The minimum absolute atomic E-state index is 0.119. The summed E-state index contributed by atoms with van der Waals surface area (Å²) in [4.78, 5) is 11.9. The second kappa shape index (κ2) is 4.59. The van der Waals surface area contributed by atoms with Crippen molar-refractivity contribution in [3.63, 3.8) is 0 Å². The topological polar surface area (TPSA) is 17.1 Å². The third-order valence-corrected chi connectivity index (χ3v) is 2.52. The molecule has 0 aliphatic carbocycles. The second-order valence-electron chi connectivity index (χ2n) is 2.91. The Labute approximate surface area is 83.6 Å². The van der Waals surface area contributed by atoms with Gasteiger partial charge in [-0.1, -0.05) is 6.07 Å². The second-order valence-corrected chi connectivity index (χ2v) is 3.94. The smallest absolute Gasteiger partial charge is 0.299 e. The van der Waals surface area contributed by atoms with Gasteiger partial charge in [-0.25, -0.2) is 0 Å². The molecule has 0 saturated heterocycles. The molecule has 0 amide bonds. The van der Waals surface area contributed by atoms with Crippen LogP contribution in [0.4, 0.5) is 13.2 Å². The molecule has 0 spiro atoms. The van der Waals surface area contributed by atoms with Gasteiger partial charge in [0.2, 0.25) is 0 Å². The van der Waals surface area contributed by atoms with Crippen molar-refractivity contribution in [3.8, 4) is 0 Å². The molecule has 0 saturated carbocycles. The summed E-state index contributed by atoms with van der Waals surface area (Å²) in [6.45, 7) is 0. The number of hydrogen-bond donors (Lipinski definition) is 0. The summed E-state index contributed by atoms with van der Waals surface area (Å²) in [5.41, 5.74) is 0. The average Bonchev–Trinajstić information content (AvgIpc) is 2.52. The normalized spacial score (nSPS) is 11.6. The summed E-state index contributed by atoms with van der Waals surface area (Å²) in [5, 5.41) is 1.80. The van der Waals surface area contributed by atoms with Gasteiger partial charge >= 0.3 is 6.18 Å². The van der Waals surface area contributed by atoms with Gasteiger partial charge in [-0.3, -0.25) is 4.79 Å². The number of ketones is 1. The number of carbonyl (C=O) groups is 1. The number of rotatable bonds is 4. The molecule has 0 unspecified atom stereocenters. The standard InChI is InChI=1S/C9H9F3OS/c10-9(11,12)4-3-7(13)6-8-2-1-5-14-8/h1-2,5H,3-4,6H2. The van der Waals surface area contributed by atoms with Gasteiger partial charge in [-0.05, 0) is 11.4 Å². The van der Waals surface area contributed by atoms with Crippen LogP contribution in [-0.4, -0.2) is 12.0 Å². The first-order valence-corrected chi connectivity index (χ1v) is 4.96. The van der Waals surface area contributed by atoms with Crippen molar-refractivity contribution in [1.82, 2.24) is 0 Å². The van der Waals surface area contributed by atoms with E-state index in [1.54, 1.807) is 17.5 Å². The molecule has 5 heteroatoms. The first-order chi connectivity index (χ1) is 6.47. The van der Waals surface area contributed by atoms with Crippen molar-refractivity contribution in [2.75, 3.05) is 0 Å².